The van der Waals surface area contributed by atoms with Gasteiger partial charge in [0.05, 0.1) is 4.47 Å². The Morgan fingerprint density at radius 2 is 1.81 bits per heavy atom. The summed E-state index contributed by atoms with van der Waals surface area (Å²) in [5.41, 5.74) is 3.28. The molecule has 0 radical (unpaired) electrons. The van der Waals surface area contributed by atoms with Gasteiger partial charge in [-0.1, -0.05) is 58.0 Å². The molecule has 0 saturated heterocycles. The standard InChI is InChI=1S/C26H35BrN2O3/c1-7-22(25(31)28-8-2)29(16-19-12-10-9-11-18(19)3)24(30)17-32-23-14-13-20(15-21(23)27)26(4,5)6/h9-15,22H,7-8,16-17H2,1-6H3,(H,28,31)/t22-/m1/s1. The third kappa shape index (κ3) is 6.83. The monoisotopic (exact) mass is 502 g/mol. The van der Waals surface area contributed by atoms with E-state index in [1.54, 1.807) is 4.90 Å². The van der Waals surface area contributed by atoms with Crippen LogP contribution >= 0.6 is 15.9 Å². The molecule has 0 aliphatic heterocycles. The Hall–Kier alpha value is -2.34. The molecular weight excluding hydrogens is 468 g/mol. The maximum atomic E-state index is 13.3. The quantitative estimate of drug-likeness (QED) is 0.500. The van der Waals surface area contributed by atoms with Crippen molar-refractivity contribution in [2.24, 2.45) is 0 Å². The molecule has 0 fully saturated rings. The van der Waals surface area contributed by atoms with E-state index in [-0.39, 0.29) is 23.8 Å². The lowest BCUT2D eigenvalue weighted by molar-refractivity contribution is -0.142. The van der Waals surface area contributed by atoms with Crippen molar-refractivity contribution in [3.05, 3.63) is 63.6 Å². The number of amides is 2. The normalized spacial score (nSPS) is 12.2. The highest BCUT2D eigenvalue weighted by Crippen LogP contribution is 2.31. The minimum absolute atomic E-state index is 0.0161. The lowest BCUT2D eigenvalue weighted by atomic mass is 9.87. The van der Waals surface area contributed by atoms with E-state index in [2.05, 4.69) is 42.0 Å². The number of carbonyl (C=O) groups excluding carboxylic acids is 2. The molecule has 1 N–H and O–H groups in total. The second-order valence-corrected chi connectivity index (χ2v) is 9.80. The fourth-order valence-corrected chi connectivity index (χ4v) is 3.98. The third-order valence-electron chi connectivity index (χ3n) is 5.49. The van der Waals surface area contributed by atoms with E-state index in [0.29, 0.717) is 25.3 Å². The summed E-state index contributed by atoms with van der Waals surface area (Å²) in [6.45, 7) is 13.0. The first kappa shape index (κ1) is 25.9. The van der Waals surface area contributed by atoms with E-state index in [4.69, 9.17) is 4.74 Å². The van der Waals surface area contributed by atoms with Gasteiger partial charge in [0, 0.05) is 13.1 Å². The van der Waals surface area contributed by atoms with Crippen LogP contribution < -0.4 is 10.1 Å². The zero-order chi connectivity index (χ0) is 23.9. The zero-order valence-electron chi connectivity index (χ0n) is 20.0. The Bertz CT molecular complexity index is 937. The number of rotatable bonds is 9. The Morgan fingerprint density at radius 3 is 2.38 bits per heavy atom. The van der Waals surface area contributed by atoms with Gasteiger partial charge in [-0.25, -0.2) is 0 Å². The summed E-state index contributed by atoms with van der Waals surface area (Å²) < 4.78 is 6.68. The number of hydrogen-bond donors (Lipinski definition) is 1. The molecule has 2 rings (SSSR count). The first-order valence-electron chi connectivity index (χ1n) is 11.1. The number of halogens is 1. The van der Waals surface area contributed by atoms with Gasteiger partial charge in [-0.15, -0.1) is 0 Å². The van der Waals surface area contributed by atoms with Crippen molar-refractivity contribution < 1.29 is 14.3 Å². The third-order valence-corrected chi connectivity index (χ3v) is 6.11. The minimum atomic E-state index is -0.558. The summed E-state index contributed by atoms with van der Waals surface area (Å²) in [7, 11) is 0. The van der Waals surface area contributed by atoms with E-state index in [0.717, 1.165) is 15.6 Å². The van der Waals surface area contributed by atoms with Crippen molar-refractivity contribution in [2.45, 2.75) is 66.0 Å². The average molecular weight is 503 g/mol. The minimum Gasteiger partial charge on any atom is -0.483 e. The Labute approximate surface area is 200 Å². The largest absolute Gasteiger partial charge is 0.483 e. The van der Waals surface area contributed by atoms with Crippen molar-refractivity contribution in [2.75, 3.05) is 13.2 Å². The SMILES string of the molecule is CCNC(=O)[C@@H](CC)N(Cc1ccccc1C)C(=O)COc1ccc(C(C)(C)C)cc1Br. The number of carbonyl (C=O) groups is 2. The molecule has 2 aromatic rings. The van der Waals surface area contributed by atoms with Crippen molar-refractivity contribution in [3.63, 3.8) is 0 Å². The van der Waals surface area contributed by atoms with Gasteiger partial charge in [0.25, 0.3) is 5.91 Å². The highest BCUT2D eigenvalue weighted by atomic mass is 79.9. The molecule has 1 atom stereocenters. The number of aryl methyl sites for hydroxylation is 1. The van der Waals surface area contributed by atoms with Gasteiger partial charge < -0.3 is 15.0 Å². The van der Waals surface area contributed by atoms with Gasteiger partial charge in [0.15, 0.2) is 6.61 Å². The van der Waals surface area contributed by atoms with Crippen LogP contribution in [0, 0.1) is 6.92 Å². The number of nitrogens with zero attached hydrogens (tertiary/aromatic N) is 1. The van der Waals surface area contributed by atoms with Crippen LogP contribution in [0.5, 0.6) is 5.75 Å². The maximum Gasteiger partial charge on any atom is 0.261 e. The molecule has 0 bridgehead atoms. The Kier molecular flexibility index (Phi) is 9.32. The van der Waals surface area contributed by atoms with Crippen LogP contribution in [-0.2, 0) is 21.5 Å². The predicted octanol–water partition coefficient (Wildman–Crippen LogP) is 5.38. The van der Waals surface area contributed by atoms with Gasteiger partial charge in [0.1, 0.15) is 11.8 Å². The van der Waals surface area contributed by atoms with Crippen LogP contribution in [0.1, 0.15) is 57.7 Å². The van der Waals surface area contributed by atoms with E-state index >= 15 is 0 Å². The molecule has 0 aromatic heterocycles. The first-order chi connectivity index (χ1) is 15.1. The molecule has 2 aromatic carbocycles. The topological polar surface area (TPSA) is 58.6 Å². The number of benzene rings is 2. The summed E-state index contributed by atoms with van der Waals surface area (Å²) in [6, 6.07) is 13.3. The number of likely N-dealkylation sites (N-methyl/N-ethyl adjacent to an activating group) is 1. The van der Waals surface area contributed by atoms with Crippen LogP contribution in [0.15, 0.2) is 46.9 Å². The van der Waals surface area contributed by atoms with Gasteiger partial charge in [-0.05, 0) is 70.4 Å². The van der Waals surface area contributed by atoms with Gasteiger partial charge >= 0.3 is 0 Å². The van der Waals surface area contributed by atoms with Crippen LogP contribution in [-0.4, -0.2) is 35.9 Å². The summed E-state index contributed by atoms with van der Waals surface area (Å²) in [5.74, 6) is 0.235. The molecule has 0 unspecified atom stereocenters. The fourth-order valence-electron chi connectivity index (χ4n) is 3.49. The van der Waals surface area contributed by atoms with Gasteiger partial charge in [0.2, 0.25) is 5.91 Å². The van der Waals surface area contributed by atoms with Crippen LogP contribution in [0.25, 0.3) is 0 Å². The lowest BCUT2D eigenvalue weighted by Crippen LogP contribution is -2.50. The molecule has 0 saturated carbocycles. The average Bonchev–Trinajstić information content (AvgIpc) is 2.73. The van der Waals surface area contributed by atoms with E-state index < -0.39 is 6.04 Å². The lowest BCUT2D eigenvalue weighted by Gasteiger charge is -2.31. The Balaban J connectivity index is 2.24. The zero-order valence-corrected chi connectivity index (χ0v) is 21.6. The molecule has 2 amide bonds. The van der Waals surface area contributed by atoms with E-state index in [1.165, 1.54) is 5.56 Å². The van der Waals surface area contributed by atoms with Gasteiger partial charge in [-0.3, -0.25) is 9.59 Å². The Morgan fingerprint density at radius 1 is 1.12 bits per heavy atom. The summed E-state index contributed by atoms with van der Waals surface area (Å²) in [5, 5.41) is 2.85. The predicted molar refractivity (Wildman–Crippen MR) is 133 cm³/mol. The maximum absolute atomic E-state index is 13.3. The molecular formula is C26H35BrN2O3. The molecule has 32 heavy (non-hydrogen) atoms. The van der Waals surface area contributed by atoms with Crippen LogP contribution in [0.3, 0.4) is 0 Å². The number of hydrogen-bond acceptors (Lipinski definition) is 3. The summed E-state index contributed by atoms with van der Waals surface area (Å²) in [4.78, 5) is 27.6. The van der Waals surface area contributed by atoms with Crippen molar-refractivity contribution in [1.29, 1.82) is 0 Å². The fraction of sp³-hybridized carbons (Fsp3) is 0.462. The highest BCUT2D eigenvalue weighted by Gasteiger charge is 2.29. The first-order valence-corrected chi connectivity index (χ1v) is 11.9. The van der Waals surface area contributed by atoms with Crippen molar-refractivity contribution in [3.8, 4) is 5.75 Å². The van der Waals surface area contributed by atoms with Crippen LogP contribution in [0.4, 0.5) is 0 Å². The highest BCUT2D eigenvalue weighted by molar-refractivity contribution is 9.10. The summed E-state index contributed by atoms with van der Waals surface area (Å²) >= 11 is 3.56. The molecule has 0 aliphatic rings. The van der Waals surface area contributed by atoms with E-state index in [9.17, 15) is 9.59 Å². The van der Waals surface area contributed by atoms with Crippen molar-refractivity contribution >= 4 is 27.7 Å². The second-order valence-electron chi connectivity index (χ2n) is 8.95. The molecule has 0 heterocycles. The number of nitrogens with one attached hydrogen (secondary N) is 1. The van der Waals surface area contributed by atoms with Gasteiger partial charge in [-0.2, -0.15) is 0 Å². The van der Waals surface area contributed by atoms with E-state index in [1.807, 2.05) is 63.2 Å². The van der Waals surface area contributed by atoms with Crippen LogP contribution in [0.2, 0.25) is 0 Å². The molecule has 0 spiro atoms. The van der Waals surface area contributed by atoms with Crippen molar-refractivity contribution in [1.82, 2.24) is 10.2 Å². The molecule has 6 heteroatoms. The molecule has 0 aliphatic carbocycles. The molecule has 174 valence electrons. The smallest absolute Gasteiger partial charge is 0.261 e. The second kappa shape index (κ2) is 11.5. The molecule has 5 nitrogen and oxygen atoms in total. The summed E-state index contributed by atoms with van der Waals surface area (Å²) in [6.07, 6.45) is 0.521. The number of ether oxygens (including phenoxy) is 1.